The highest BCUT2D eigenvalue weighted by atomic mass is 35.5. The summed E-state index contributed by atoms with van der Waals surface area (Å²) in [4.78, 5) is 44.2. The van der Waals surface area contributed by atoms with Crippen molar-refractivity contribution in [1.29, 1.82) is 0 Å². The molecule has 3 heterocycles. The molecule has 0 atom stereocenters. The zero-order valence-electron chi connectivity index (χ0n) is 14.4. The summed E-state index contributed by atoms with van der Waals surface area (Å²) in [5.41, 5.74) is -2.16. The van der Waals surface area contributed by atoms with Gasteiger partial charge < -0.3 is 9.80 Å². The summed E-state index contributed by atoms with van der Waals surface area (Å²) >= 11 is 5.95. The highest BCUT2D eigenvalue weighted by Crippen LogP contribution is 2.33. The number of hydrogen-bond acceptors (Lipinski definition) is 5. The molecule has 0 unspecified atom stereocenters. The van der Waals surface area contributed by atoms with Gasteiger partial charge in [-0.25, -0.2) is 9.78 Å². The topological polar surface area (TPSA) is 91.3 Å². The Hall–Kier alpha value is -2.82. The van der Waals surface area contributed by atoms with Crippen molar-refractivity contribution in [3.05, 3.63) is 56.0 Å². The molecule has 1 aliphatic rings. The lowest BCUT2D eigenvalue weighted by molar-refractivity contribution is -0.138. The largest absolute Gasteiger partial charge is 0.417 e. The van der Waals surface area contributed by atoms with Gasteiger partial charge in [0.05, 0.1) is 10.6 Å². The van der Waals surface area contributed by atoms with Crippen molar-refractivity contribution in [1.82, 2.24) is 19.4 Å². The molecule has 2 aromatic rings. The van der Waals surface area contributed by atoms with Crippen LogP contribution >= 0.6 is 11.6 Å². The summed E-state index contributed by atoms with van der Waals surface area (Å²) in [5, 5.41) is -0.116. The summed E-state index contributed by atoms with van der Waals surface area (Å²) in [5.74, 6) is -0.0982. The Morgan fingerprint density at radius 1 is 1.21 bits per heavy atom. The number of alkyl halides is 3. The van der Waals surface area contributed by atoms with Crippen LogP contribution in [0.3, 0.4) is 0 Å². The second-order valence-electron chi connectivity index (χ2n) is 6.13. The van der Waals surface area contributed by atoms with E-state index >= 15 is 0 Å². The minimum Gasteiger partial charge on any atom is -0.352 e. The maximum Gasteiger partial charge on any atom is 0.417 e. The van der Waals surface area contributed by atoms with Crippen molar-refractivity contribution in [2.24, 2.45) is 0 Å². The average molecular weight is 418 g/mol. The van der Waals surface area contributed by atoms with Crippen LogP contribution in [0.5, 0.6) is 0 Å². The van der Waals surface area contributed by atoms with Crippen molar-refractivity contribution in [2.75, 3.05) is 31.1 Å². The Labute approximate surface area is 161 Å². The van der Waals surface area contributed by atoms with Crippen LogP contribution in [0.2, 0.25) is 5.02 Å². The van der Waals surface area contributed by atoms with E-state index < -0.39 is 23.0 Å². The van der Waals surface area contributed by atoms with Crippen LogP contribution in [0.15, 0.2) is 34.1 Å². The Bertz CT molecular complexity index is 996. The number of pyridine rings is 1. The highest BCUT2D eigenvalue weighted by Gasteiger charge is 2.32. The lowest BCUT2D eigenvalue weighted by Crippen LogP contribution is -2.50. The smallest absolute Gasteiger partial charge is 0.352 e. The SMILES string of the molecule is O=C(Cn1ccc(=O)[nH]c1=O)N1CCN(c2ncc(C(F)(F)F)cc2Cl)CC1. The van der Waals surface area contributed by atoms with Gasteiger partial charge in [-0.2, -0.15) is 13.2 Å². The van der Waals surface area contributed by atoms with Gasteiger partial charge in [0.1, 0.15) is 12.4 Å². The fourth-order valence-electron chi connectivity index (χ4n) is 2.80. The summed E-state index contributed by atoms with van der Waals surface area (Å²) < 4.78 is 39.2. The molecule has 28 heavy (non-hydrogen) atoms. The highest BCUT2D eigenvalue weighted by molar-refractivity contribution is 6.33. The van der Waals surface area contributed by atoms with Crippen LogP contribution in [0.4, 0.5) is 19.0 Å². The molecule has 0 radical (unpaired) electrons. The molecule has 3 rings (SSSR count). The van der Waals surface area contributed by atoms with E-state index in [2.05, 4.69) is 9.97 Å². The number of anilines is 1. The van der Waals surface area contributed by atoms with Crippen LogP contribution < -0.4 is 16.1 Å². The van der Waals surface area contributed by atoms with E-state index in [4.69, 9.17) is 11.6 Å². The number of piperazine rings is 1. The fraction of sp³-hybridized carbons (Fsp3) is 0.375. The monoisotopic (exact) mass is 417 g/mol. The Balaban J connectivity index is 1.63. The molecule has 0 aliphatic carbocycles. The van der Waals surface area contributed by atoms with E-state index in [0.717, 1.165) is 22.9 Å². The van der Waals surface area contributed by atoms with Crippen LogP contribution in [0, 0.1) is 0 Å². The lowest BCUT2D eigenvalue weighted by atomic mass is 10.2. The molecule has 1 N–H and O–H groups in total. The number of halogens is 4. The first kappa shape index (κ1) is 19.9. The van der Waals surface area contributed by atoms with Crippen molar-refractivity contribution in [3.8, 4) is 0 Å². The molecule has 12 heteroatoms. The maximum absolute atomic E-state index is 12.7. The number of nitrogens with one attached hydrogen (secondary N) is 1. The zero-order valence-corrected chi connectivity index (χ0v) is 15.1. The molecular weight excluding hydrogens is 403 g/mol. The molecule has 150 valence electrons. The normalized spacial score (nSPS) is 15.0. The van der Waals surface area contributed by atoms with Gasteiger partial charge in [-0.15, -0.1) is 0 Å². The van der Waals surface area contributed by atoms with E-state index in [-0.39, 0.29) is 36.4 Å². The predicted molar refractivity (Wildman–Crippen MR) is 94.4 cm³/mol. The third-order valence-corrected chi connectivity index (χ3v) is 4.56. The quantitative estimate of drug-likeness (QED) is 0.803. The molecular formula is C16H15ClF3N5O3. The van der Waals surface area contributed by atoms with E-state index in [0.29, 0.717) is 13.1 Å². The lowest BCUT2D eigenvalue weighted by Gasteiger charge is -2.35. The molecule has 1 amide bonds. The minimum atomic E-state index is -4.53. The first-order valence-corrected chi connectivity index (χ1v) is 8.58. The summed E-state index contributed by atoms with van der Waals surface area (Å²) in [6, 6.07) is 1.97. The van der Waals surface area contributed by atoms with Crippen LogP contribution in [0.25, 0.3) is 0 Å². The number of aromatic nitrogens is 3. The van der Waals surface area contributed by atoms with Crippen LogP contribution in [0.1, 0.15) is 5.56 Å². The maximum atomic E-state index is 12.7. The number of amides is 1. The summed E-state index contributed by atoms with van der Waals surface area (Å²) in [7, 11) is 0. The second-order valence-corrected chi connectivity index (χ2v) is 6.54. The number of carbonyl (C=O) groups is 1. The number of nitrogens with zero attached hydrogens (tertiary/aromatic N) is 4. The summed E-state index contributed by atoms with van der Waals surface area (Å²) in [6.07, 6.45) is -2.57. The predicted octanol–water partition coefficient (Wildman–Crippen LogP) is 0.953. The fourth-order valence-corrected chi connectivity index (χ4v) is 3.09. The van der Waals surface area contributed by atoms with Gasteiger partial charge in [-0.1, -0.05) is 11.6 Å². The number of aromatic amines is 1. The van der Waals surface area contributed by atoms with Crippen LogP contribution in [-0.2, 0) is 17.5 Å². The molecule has 0 aromatic carbocycles. The van der Waals surface area contributed by atoms with E-state index in [9.17, 15) is 27.6 Å². The molecule has 1 aliphatic heterocycles. The molecule has 1 saturated heterocycles. The third kappa shape index (κ3) is 4.35. The Morgan fingerprint density at radius 3 is 2.46 bits per heavy atom. The van der Waals surface area contributed by atoms with Gasteiger partial charge in [0.15, 0.2) is 0 Å². The van der Waals surface area contributed by atoms with Gasteiger partial charge in [0, 0.05) is 44.6 Å². The Kier molecular flexibility index (Phi) is 5.45. The van der Waals surface area contributed by atoms with Crippen molar-refractivity contribution in [2.45, 2.75) is 12.7 Å². The van der Waals surface area contributed by atoms with Gasteiger partial charge in [0.2, 0.25) is 5.91 Å². The number of rotatable bonds is 3. The molecule has 0 spiro atoms. The van der Waals surface area contributed by atoms with E-state index in [1.807, 2.05) is 0 Å². The first-order valence-electron chi connectivity index (χ1n) is 8.20. The Morgan fingerprint density at radius 2 is 1.89 bits per heavy atom. The van der Waals surface area contributed by atoms with E-state index in [1.54, 1.807) is 4.90 Å². The van der Waals surface area contributed by atoms with Gasteiger partial charge in [-0.05, 0) is 6.07 Å². The van der Waals surface area contributed by atoms with Gasteiger partial charge in [-0.3, -0.25) is 19.1 Å². The summed E-state index contributed by atoms with van der Waals surface area (Å²) in [6.45, 7) is 0.996. The second kappa shape index (κ2) is 7.66. The molecule has 0 saturated carbocycles. The molecule has 0 bridgehead atoms. The van der Waals surface area contributed by atoms with Crippen molar-refractivity contribution < 1.29 is 18.0 Å². The van der Waals surface area contributed by atoms with E-state index in [1.165, 1.54) is 11.1 Å². The van der Waals surface area contributed by atoms with Crippen molar-refractivity contribution >= 4 is 23.3 Å². The van der Waals surface area contributed by atoms with Crippen LogP contribution in [-0.4, -0.2) is 51.5 Å². The van der Waals surface area contributed by atoms with Gasteiger partial charge >= 0.3 is 11.9 Å². The minimum absolute atomic E-state index is 0.116. The van der Waals surface area contributed by atoms with Gasteiger partial charge in [0.25, 0.3) is 5.56 Å². The standard InChI is InChI=1S/C16H15ClF3N5O3/c17-11-7-10(16(18,19)20)8-21-14(11)24-5-3-23(4-6-24)13(27)9-25-2-1-12(26)22-15(25)28/h1-2,7-8H,3-6,9H2,(H,22,26,28). The number of H-pyrrole nitrogens is 1. The zero-order chi connectivity index (χ0) is 20.5. The number of carbonyl (C=O) groups excluding carboxylic acids is 1. The first-order chi connectivity index (χ1) is 13.1. The third-order valence-electron chi connectivity index (χ3n) is 4.28. The van der Waals surface area contributed by atoms with Crippen molar-refractivity contribution in [3.63, 3.8) is 0 Å². The molecule has 2 aromatic heterocycles. The average Bonchev–Trinajstić information content (AvgIpc) is 2.63. The molecule has 1 fully saturated rings. The molecule has 8 nitrogen and oxygen atoms in total. The number of hydrogen-bond donors (Lipinski definition) is 1.